The van der Waals surface area contributed by atoms with Crippen LogP contribution in [0.3, 0.4) is 0 Å². The summed E-state index contributed by atoms with van der Waals surface area (Å²) in [7, 11) is 0. The smallest absolute Gasteiger partial charge is 0.0930 e. The summed E-state index contributed by atoms with van der Waals surface area (Å²) >= 11 is 0. The van der Waals surface area contributed by atoms with Crippen molar-refractivity contribution in [3.8, 4) is 0 Å². The van der Waals surface area contributed by atoms with Crippen LogP contribution in [0, 0.1) is 0 Å². The predicted octanol–water partition coefficient (Wildman–Crippen LogP) is 2.60. The number of nitrogens with zero attached hydrogens (tertiary/aromatic N) is 3. The monoisotopic (exact) mass is 207 g/mol. The molecule has 1 aromatic heterocycles. The number of hydrogen-bond donors (Lipinski definition) is 0. The molecule has 0 saturated carbocycles. The molecule has 3 heteroatoms. The standard InChI is InChI=1S/C12H21N3/c1-10(2,3)15-9-8(13-14-15)11(4,5)12(9,6)7/h1-7H3. The zero-order chi connectivity index (χ0) is 11.6. The van der Waals surface area contributed by atoms with Crippen molar-refractivity contribution in [3.63, 3.8) is 0 Å². The van der Waals surface area contributed by atoms with Gasteiger partial charge in [-0.05, 0) is 20.8 Å². The fraction of sp³-hybridized carbons (Fsp3) is 0.833. The third-order valence-corrected chi connectivity index (χ3v) is 4.05. The van der Waals surface area contributed by atoms with Gasteiger partial charge in [0.05, 0.1) is 16.9 Å². The molecule has 1 heterocycles. The Morgan fingerprint density at radius 3 is 2.00 bits per heavy atom. The van der Waals surface area contributed by atoms with Gasteiger partial charge in [-0.15, -0.1) is 5.10 Å². The van der Waals surface area contributed by atoms with Gasteiger partial charge in [0, 0.05) is 10.8 Å². The van der Waals surface area contributed by atoms with Crippen LogP contribution in [-0.4, -0.2) is 15.0 Å². The summed E-state index contributed by atoms with van der Waals surface area (Å²) in [6.07, 6.45) is 0. The molecule has 15 heavy (non-hydrogen) atoms. The van der Waals surface area contributed by atoms with Crippen LogP contribution < -0.4 is 0 Å². The van der Waals surface area contributed by atoms with E-state index in [-0.39, 0.29) is 16.4 Å². The van der Waals surface area contributed by atoms with E-state index in [9.17, 15) is 0 Å². The number of rotatable bonds is 0. The second-order valence-electron chi connectivity index (χ2n) is 6.62. The van der Waals surface area contributed by atoms with E-state index >= 15 is 0 Å². The highest BCUT2D eigenvalue weighted by Crippen LogP contribution is 2.55. The molecular formula is C12H21N3. The van der Waals surface area contributed by atoms with Gasteiger partial charge in [-0.1, -0.05) is 32.9 Å². The van der Waals surface area contributed by atoms with Gasteiger partial charge in [-0.2, -0.15) is 0 Å². The van der Waals surface area contributed by atoms with E-state index < -0.39 is 0 Å². The molecule has 84 valence electrons. The van der Waals surface area contributed by atoms with E-state index in [2.05, 4.69) is 63.5 Å². The Kier molecular flexibility index (Phi) is 1.74. The molecule has 0 bridgehead atoms. The van der Waals surface area contributed by atoms with Crippen LogP contribution in [-0.2, 0) is 16.4 Å². The van der Waals surface area contributed by atoms with Crippen LogP contribution in [0.1, 0.15) is 59.9 Å². The van der Waals surface area contributed by atoms with Gasteiger partial charge in [0.25, 0.3) is 0 Å². The Balaban J connectivity index is 2.62. The number of aromatic nitrogens is 3. The van der Waals surface area contributed by atoms with Crippen LogP contribution in [0.5, 0.6) is 0 Å². The molecule has 0 N–H and O–H groups in total. The van der Waals surface area contributed by atoms with E-state index in [0.717, 1.165) is 0 Å². The molecule has 0 amide bonds. The summed E-state index contributed by atoms with van der Waals surface area (Å²) in [5, 5.41) is 8.64. The van der Waals surface area contributed by atoms with Gasteiger partial charge in [0.1, 0.15) is 0 Å². The van der Waals surface area contributed by atoms with E-state index in [1.54, 1.807) is 0 Å². The predicted molar refractivity (Wildman–Crippen MR) is 61.1 cm³/mol. The first-order valence-corrected chi connectivity index (χ1v) is 5.57. The summed E-state index contributed by atoms with van der Waals surface area (Å²) in [6.45, 7) is 15.6. The zero-order valence-corrected chi connectivity index (χ0v) is 10.8. The van der Waals surface area contributed by atoms with Gasteiger partial charge >= 0.3 is 0 Å². The maximum Gasteiger partial charge on any atom is 0.0930 e. The fourth-order valence-electron chi connectivity index (χ4n) is 2.26. The van der Waals surface area contributed by atoms with Crippen molar-refractivity contribution in [1.82, 2.24) is 15.0 Å². The van der Waals surface area contributed by atoms with E-state index in [1.807, 2.05) is 0 Å². The van der Waals surface area contributed by atoms with Gasteiger partial charge in [0.15, 0.2) is 0 Å². The van der Waals surface area contributed by atoms with Crippen molar-refractivity contribution in [2.24, 2.45) is 0 Å². The number of hydrogen-bond acceptors (Lipinski definition) is 2. The average molecular weight is 207 g/mol. The molecule has 0 fully saturated rings. The normalized spacial score (nSPS) is 22.1. The largest absolute Gasteiger partial charge is 0.243 e. The molecule has 1 aromatic rings. The maximum atomic E-state index is 4.33. The Labute approximate surface area is 91.9 Å². The van der Waals surface area contributed by atoms with E-state index in [1.165, 1.54) is 11.4 Å². The molecule has 0 spiro atoms. The molecule has 2 rings (SSSR count). The molecule has 0 aliphatic heterocycles. The second-order valence-corrected chi connectivity index (χ2v) is 6.62. The van der Waals surface area contributed by atoms with Crippen molar-refractivity contribution >= 4 is 0 Å². The van der Waals surface area contributed by atoms with Crippen molar-refractivity contribution < 1.29 is 0 Å². The average Bonchev–Trinajstić information content (AvgIpc) is 2.44. The van der Waals surface area contributed by atoms with Crippen LogP contribution >= 0.6 is 0 Å². The van der Waals surface area contributed by atoms with Crippen LogP contribution in [0.2, 0.25) is 0 Å². The molecule has 0 radical (unpaired) electrons. The van der Waals surface area contributed by atoms with Gasteiger partial charge in [-0.25, -0.2) is 4.68 Å². The van der Waals surface area contributed by atoms with E-state index in [0.29, 0.717) is 0 Å². The van der Waals surface area contributed by atoms with Crippen molar-refractivity contribution in [3.05, 3.63) is 11.4 Å². The summed E-state index contributed by atoms with van der Waals surface area (Å²) in [4.78, 5) is 0. The Morgan fingerprint density at radius 1 is 1.00 bits per heavy atom. The van der Waals surface area contributed by atoms with Gasteiger partial charge in [0.2, 0.25) is 0 Å². The highest BCUT2D eigenvalue weighted by Gasteiger charge is 2.57. The van der Waals surface area contributed by atoms with Crippen LogP contribution in [0.25, 0.3) is 0 Å². The molecule has 0 atom stereocenters. The second kappa shape index (κ2) is 2.45. The minimum atomic E-state index is 0.0222. The minimum absolute atomic E-state index is 0.0222. The quantitative estimate of drug-likeness (QED) is 0.654. The highest BCUT2D eigenvalue weighted by molar-refractivity contribution is 5.44. The van der Waals surface area contributed by atoms with Crippen LogP contribution in [0.15, 0.2) is 0 Å². The Hall–Kier alpha value is -0.860. The topological polar surface area (TPSA) is 30.7 Å². The molecule has 1 aliphatic carbocycles. The summed E-state index contributed by atoms with van der Waals surface area (Å²) in [6, 6.07) is 0. The van der Waals surface area contributed by atoms with Gasteiger partial charge in [-0.3, -0.25) is 0 Å². The summed E-state index contributed by atoms with van der Waals surface area (Å²) in [5.74, 6) is 0. The SMILES string of the molecule is CC(C)(C)n1nnc2c1C(C)(C)C2(C)C. The molecule has 3 nitrogen and oxygen atoms in total. The highest BCUT2D eigenvalue weighted by atomic mass is 15.5. The third-order valence-electron chi connectivity index (χ3n) is 4.05. The van der Waals surface area contributed by atoms with Crippen molar-refractivity contribution in [1.29, 1.82) is 0 Å². The lowest BCUT2D eigenvalue weighted by Crippen LogP contribution is -2.53. The minimum Gasteiger partial charge on any atom is -0.243 e. The lowest BCUT2D eigenvalue weighted by molar-refractivity contribution is 0.199. The van der Waals surface area contributed by atoms with Crippen molar-refractivity contribution in [2.75, 3.05) is 0 Å². The summed E-state index contributed by atoms with van der Waals surface area (Å²) in [5.41, 5.74) is 2.81. The first-order valence-electron chi connectivity index (χ1n) is 5.57. The van der Waals surface area contributed by atoms with E-state index in [4.69, 9.17) is 0 Å². The fourth-order valence-corrected chi connectivity index (χ4v) is 2.26. The number of fused-ring (bicyclic) bond motifs is 1. The first kappa shape index (κ1) is 10.7. The molecule has 0 saturated heterocycles. The molecule has 1 aliphatic rings. The molecule has 0 unspecified atom stereocenters. The molecular weight excluding hydrogens is 186 g/mol. The Bertz CT molecular complexity index is 405. The van der Waals surface area contributed by atoms with Crippen LogP contribution in [0.4, 0.5) is 0 Å². The van der Waals surface area contributed by atoms with Gasteiger partial charge < -0.3 is 0 Å². The maximum absolute atomic E-state index is 4.33. The summed E-state index contributed by atoms with van der Waals surface area (Å²) < 4.78 is 2.08. The zero-order valence-electron chi connectivity index (χ0n) is 10.8. The third kappa shape index (κ3) is 1.06. The lowest BCUT2D eigenvalue weighted by Gasteiger charge is -2.51. The van der Waals surface area contributed by atoms with Crippen molar-refractivity contribution in [2.45, 2.75) is 64.8 Å². The Morgan fingerprint density at radius 2 is 1.53 bits per heavy atom. The lowest BCUT2D eigenvalue weighted by atomic mass is 9.54. The molecule has 0 aromatic carbocycles. The first-order chi connectivity index (χ1) is 6.60.